The standard InChI is InChI=1S/C15H20N2OS/c1-11-4-3-5-12(10-11)13-16-15(6-7-15)14(18)17(13)8-9-19-2/h3-5,10,13,16H,6-9H2,1-2H3. The van der Waals surface area contributed by atoms with Crippen LogP contribution in [0, 0.1) is 6.92 Å². The number of aryl methyl sites for hydroxylation is 1. The highest BCUT2D eigenvalue weighted by Crippen LogP contribution is 2.45. The quantitative estimate of drug-likeness (QED) is 0.916. The molecule has 1 amide bonds. The van der Waals surface area contributed by atoms with Gasteiger partial charge in [-0.1, -0.05) is 29.8 Å². The fourth-order valence-corrected chi connectivity index (χ4v) is 3.18. The maximum atomic E-state index is 12.5. The zero-order valence-corrected chi connectivity index (χ0v) is 12.3. The molecule has 4 heteroatoms. The second-order valence-electron chi connectivity index (χ2n) is 5.53. The third-order valence-electron chi connectivity index (χ3n) is 4.04. The minimum Gasteiger partial charge on any atom is -0.320 e. The Balaban J connectivity index is 1.87. The highest BCUT2D eigenvalue weighted by molar-refractivity contribution is 7.98. The molecule has 1 N–H and O–H groups in total. The van der Waals surface area contributed by atoms with E-state index in [1.54, 1.807) is 11.8 Å². The first-order valence-electron chi connectivity index (χ1n) is 6.80. The lowest BCUT2D eigenvalue weighted by molar-refractivity contribution is -0.130. The van der Waals surface area contributed by atoms with Gasteiger partial charge in [0.05, 0.1) is 0 Å². The second kappa shape index (κ2) is 4.84. The first kappa shape index (κ1) is 13.0. The van der Waals surface area contributed by atoms with Crippen LogP contribution in [-0.4, -0.2) is 34.9 Å². The Kier molecular flexibility index (Phi) is 3.31. The molecule has 1 aliphatic carbocycles. The molecule has 1 unspecified atom stereocenters. The molecular formula is C15H20N2OS. The van der Waals surface area contributed by atoms with Gasteiger partial charge in [-0.3, -0.25) is 10.1 Å². The molecule has 2 aliphatic rings. The van der Waals surface area contributed by atoms with Gasteiger partial charge in [-0.05, 0) is 31.6 Å². The Bertz CT molecular complexity index is 499. The normalized spacial score (nSPS) is 24.2. The molecule has 1 heterocycles. The van der Waals surface area contributed by atoms with Crippen molar-refractivity contribution in [1.82, 2.24) is 10.2 Å². The molecule has 2 fully saturated rings. The Morgan fingerprint density at radius 3 is 2.89 bits per heavy atom. The van der Waals surface area contributed by atoms with Crippen molar-refractivity contribution in [3.05, 3.63) is 35.4 Å². The van der Waals surface area contributed by atoms with Gasteiger partial charge in [-0.25, -0.2) is 0 Å². The molecule has 102 valence electrons. The number of hydrogen-bond acceptors (Lipinski definition) is 3. The van der Waals surface area contributed by atoms with Crippen LogP contribution >= 0.6 is 11.8 Å². The molecule has 0 aromatic heterocycles. The van der Waals surface area contributed by atoms with Crippen LogP contribution in [0.2, 0.25) is 0 Å². The number of carbonyl (C=O) groups excluding carboxylic acids is 1. The molecule has 0 radical (unpaired) electrons. The van der Waals surface area contributed by atoms with Gasteiger partial charge in [0.1, 0.15) is 11.7 Å². The van der Waals surface area contributed by atoms with E-state index in [-0.39, 0.29) is 11.7 Å². The number of benzene rings is 1. The Morgan fingerprint density at radius 1 is 1.47 bits per heavy atom. The average molecular weight is 276 g/mol. The third kappa shape index (κ3) is 2.28. The third-order valence-corrected chi connectivity index (χ3v) is 4.63. The summed E-state index contributed by atoms with van der Waals surface area (Å²) in [4.78, 5) is 14.5. The summed E-state index contributed by atoms with van der Waals surface area (Å²) < 4.78 is 0. The first-order chi connectivity index (χ1) is 9.16. The van der Waals surface area contributed by atoms with E-state index in [2.05, 4.69) is 42.8 Å². The molecule has 1 spiro atoms. The SMILES string of the molecule is CSCCN1C(=O)C2(CC2)NC1c1cccc(C)c1. The Labute approximate surface area is 118 Å². The first-order valence-corrected chi connectivity index (χ1v) is 8.20. The fourth-order valence-electron chi connectivity index (χ4n) is 2.80. The predicted octanol–water partition coefficient (Wildman–Crippen LogP) is 2.32. The van der Waals surface area contributed by atoms with Crippen molar-refractivity contribution in [2.45, 2.75) is 31.5 Å². The van der Waals surface area contributed by atoms with Gasteiger partial charge in [0.2, 0.25) is 5.91 Å². The van der Waals surface area contributed by atoms with Crippen LogP contribution < -0.4 is 5.32 Å². The van der Waals surface area contributed by atoms with Gasteiger partial charge in [0.25, 0.3) is 0 Å². The maximum absolute atomic E-state index is 12.5. The van der Waals surface area contributed by atoms with Gasteiger partial charge in [0.15, 0.2) is 0 Å². The summed E-state index contributed by atoms with van der Waals surface area (Å²) >= 11 is 1.79. The molecule has 3 rings (SSSR count). The van der Waals surface area contributed by atoms with Crippen molar-refractivity contribution in [1.29, 1.82) is 0 Å². The van der Waals surface area contributed by atoms with Crippen molar-refractivity contribution < 1.29 is 4.79 Å². The molecule has 19 heavy (non-hydrogen) atoms. The lowest BCUT2D eigenvalue weighted by Gasteiger charge is -2.24. The predicted molar refractivity (Wildman–Crippen MR) is 79.1 cm³/mol. The van der Waals surface area contributed by atoms with Gasteiger partial charge >= 0.3 is 0 Å². The number of carbonyl (C=O) groups is 1. The number of hydrogen-bond donors (Lipinski definition) is 1. The number of amides is 1. The zero-order valence-electron chi connectivity index (χ0n) is 11.5. The van der Waals surface area contributed by atoms with Gasteiger partial charge in [-0.15, -0.1) is 0 Å². The number of nitrogens with zero attached hydrogens (tertiary/aromatic N) is 1. The Morgan fingerprint density at radius 2 is 2.26 bits per heavy atom. The van der Waals surface area contributed by atoms with Crippen LogP contribution in [0.3, 0.4) is 0 Å². The largest absolute Gasteiger partial charge is 0.320 e. The molecular weight excluding hydrogens is 256 g/mol. The van der Waals surface area contributed by atoms with Gasteiger partial charge in [0, 0.05) is 12.3 Å². The van der Waals surface area contributed by atoms with E-state index in [9.17, 15) is 4.79 Å². The number of thioether (sulfide) groups is 1. The maximum Gasteiger partial charge on any atom is 0.244 e. The summed E-state index contributed by atoms with van der Waals surface area (Å²) in [5.41, 5.74) is 2.22. The smallest absolute Gasteiger partial charge is 0.244 e. The topological polar surface area (TPSA) is 32.3 Å². The van der Waals surface area contributed by atoms with Crippen LogP contribution in [0.4, 0.5) is 0 Å². The van der Waals surface area contributed by atoms with E-state index < -0.39 is 0 Å². The molecule has 1 atom stereocenters. The monoisotopic (exact) mass is 276 g/mol. The molecule has 1 aromatic rings. The van der Waals surface area contributed by atoms with Crippen molar-refractivity contribution in [2.24, 2.45) is 0 Å². The molecule has 1 saturated heterocycles. The summed E-state index contributed by atoms with van der Waals surface area (Å²) in [7, 11) is 0. The van der Waals surface area contributed by atoms with Crippen molar-refractivity contribution in [3.63, 3.8) is 0 Å². The van der Waals surface area contributed by atoms with E-state index in [0.29, 0.717) is 5.91 Å². The van der Waals surface area contributed by atoms with E-state index in [4.69, 9.17) is 0 Å². The average Bonchev–Trinajstić information content (AvgIpc) is 3.12. The molecule has 1 saturated carbocycles. The second-order valence-corrected chi connectivity index (χ2v) is 6.52. The number of rotatable bonds is 4. The summed E-state index contributed by atoms with van der Waals surface area (Å²) in [6.45, 7) is 2.92. The lowest BCUT2D eigenvalue weighted by atomic mass is 10.1. The highest BCUT2D eigenvalue weighted by atomic mass is 32.2. The lowest BCUT2D eigenvalue weighted by Crippen LogP contribution is -2.33. The summed E-state index contributed by atoms with van der Waals surface area (Å²) in [5, 5.41) is 3.56. The molecule has 0 bridgehead atoms. The van der Waals surface area contributed by atoms with Crippen LogP contribution in [0.5, 0.6) is 0 Å². The highest BCUT2D eigenvalue weighted by Gasteiger charge is 2.59. The Hall–Kier alpha value is -1.00. The number of nitrogens with one attached hydrogen (secondary N) is 1. The zero-order chi connectivity index (χ0) is 13.5. The molecule has 3 nitrogen and oxygen atoms in total. The van der Waals surface area contributed by atoms with E-state index in [1.807, 2.05) is 4.90 Å². The van der Waals surface area contributed by atoms with Crippen molar-refractivity contribution in [2.75, 3.05) is 18.6 Å². The van der Waals surface area contributed by atoms with E-state index in [1.165, 1.54) is 11.1 Å². The molecule has 1 aromatic carbocycles. The van der Waals surface area contributed by atoms with Crippen molar-refractivity contribution >= 4 is 17.7 Å². The van der Waals surface area contributed by atoms with Crippen LogP contribution in [-0.2, 0) is 4.79 Å². The minimum atomic E-state index is -0.229. The van der Waals surface area contributed by atoms with E-state index in [0.717, 1.165) is 25.1 Å². The van der Waals surface area contributed by atoms with Crippen LogP contribution in [0.1, 0.15) is 30.1 Å². The summed E-state index contributed by atoms with van der Waals surface area (Å²) in [5.74, 6) is 1.29. The van der Waals surface area contributed by atoms with Gasteiger partial charge < -0.3 is 4.90 Å². The van der Waals surface area contributed by atoms with Gasteiger partial charge in [-0.2, -0.15) is 11.8 Å². The molecule has 1 aliphatic heterocycles. The minimum absolute atomic E-state index is 0.0575. The van der Waals surface area contributed by atoms with Crippen LogP contribution in [0.15, 0.2) is 24.3 Å². The van der Waals surface area contributed by atoms with E-state index >= 15 is 0 Å². The summed E-state index contributed by atoms with van der Waals surface area (Å²) in [6.07, 6.45) is 4.12. The fraction of sp³-hybridized carbons (Fsp3) is 0.533. The van der Waals surface area contributed by atoms with Crippen molar-refractivity contribution in [3.8, 4) is 0 Å². The summed E-state index contributed by atoms with van der Waals surface area (Å²) in [6, 6.07) is 8.46. The van der Waals surface area contributed by atoms with Crippen LogP contribution in [0.25, 0.3) is 0 Å².